The number of hydrogen-bond donors (Lipinski definition) is 1. The van der Waals surface area contributed by atoms with Crippen LogP contribution in [-0.4, -0.2) is 22.3 Å². The van der Waals surface area contributed by atoms with Gasteiger partial charge in [-0.1, -0.05) is 53.7 Å². The molecule has 0 aliphatic carbocycles. The van der Waals surface area contributed by atoms with E-state index in [1.54, 1.807) is 5.01 Å². The number of furan rings is 1. The lowest BCUT2D eigenvalue weighted by molar-refractivity contribution is -0.116. The fraction of sp³-hybridized carbons (Fsp3) is 0.0952. The van der Waals surface area contributed by atoms with Crippen LogP contribution in [0.1, 0.15) is 11.9 Å². The molecule has 0 unspecified atom stereocenters. The molecular formula is C21H15ClN4O2S. The number of rotatable bonds is 2. The average Bonchev–Trinajstić information content (AvgIpc) is 3.23. The molecule has 1 amide bonds. The molecule has 0 spiro atoms. The molecule has 2 aliphatic heterocycles. The maximum absolute atomic E-state index is 12.8. The van der Waals surface area contributed by atoms with E-state index in [2.05, 4.69) is 10.4 Å². The number of nitrogens with zero attached hydrogens (tertiary/aromatic N) is 3. The van der Waals surface area contributed by atoms with Crippen molar-refractivity contribution in [3.05, 3.63) is 82.0 Å². The first-order valence-electron chi connectivity index (χ1n) is 8.90. The number of fused-ring (bicyclic) bond motifs is 2. The number of hydrogen-bond acceptors (Lipinski definition) is 6. The van der Waals surface area contributed by atoms with Crippen LogP contribution in [0.3, 0.4) is 0 Å². The van der Waals surface area contributed by atoms with Gasteiger partial charge in [0.15, 0.2) is 10.9 Å². The second kappa shape index (κ2) is 7.09. The average molecular weight is 423 g/mol. The summed E-state index contributed by atoms with van der Waals surface area (Å²) in [6.07, 6.45) is 1.28. The van der Waals surface area contributed by atoms with Crippen molar-refractivity contribution in [2.45, 2.75) is 6.17 Å². The molecule has 1 aromatic heterocycles. The fourth-order valence-electron chi connectivity index (χ4n) is 3.39. The molecule has 144 valence electrons. The normalized spacial score (nSPS) is 17.8. The summed E-state index contributed by atoms with van der Waals surface area (Å²) in [6.45, 7) is 0. The highest BCUT2D eigenvalue weighted by atomic mass is 35.5. The van der Waals surface area contributed by atoms with Crippen molar-refractivity contribution in [3.63, 3.8) is 0 Å². The summed E-state index contributed by atoms with van der Waals surface area (Å²) in [5.74, 6) is 1.05. The quantitative estimate of drug-likeness (QED) is 0.689. The number of carbonyl (C=O) groups is 1. The molecule has 0 saturated carbocycles. The molecular weight excluding hydrogens is 408 g/mol. The van der Waals surface area contributed by atoms with Crippen LogP contribution in [0.15, 0.2) is 75.2 Å². The highest BCUT2D eigenvalue weighted by molar-refractivity contribution is 8.13. The van der Waals surface area contributed by atoms with Gasteiger partial charge in [-0.3, -0.25) is 10.1 Å². The number of carbonyl (C=O) groups excluding carboxylic acids is 1. The lowest BCUT2D eigenvalue weighted by atomic mass is 10.1. The van der Waals surface area contributed by atoms with Crippen molar-refractivity contribution in [2.75, 3.05) is 6.26 Å². The largest absolute Gasteiger partial charge is 0.457 e. The third kappa shape index (κ3) is 3.12. The SMILES string of the molecule is CSC1=NN2C(=c3ccccc3=N[C@H]2c2ccc(-c3cccc(Cl)c3)o2)C(=O)N1. The Kier molecular flexibility index (Phi) is 4.41. The van der Waals surface area contributed by atoms with Crippen molar-refractivity contribution in [1.29, 1.82) is 0 Å². The summed E-state index contributed by atoms with van der Waals surface area (Å²) in [5.41, 5.74) is 1.33. The molecule has 0 radical (unpaired) electrons. The van der Waals surface area contributed by atoms with Gasteiger partial charge in [-0.05, 0) is 36.6 Å². The molecule has 0 fully saturated rings. The zero-order chi connectivity index (χ0) is 20.0. The highest BCUT2D eigenvalue weighted by Crippen LogP contribution is 2.34. The van der Waals surface area contributed by atoms with E-state index < -0.39 is 6.17 Å². The Labute approximate surface area is 175 Å². The van der Waals surface area contributed by atoms with Crippen LogP contribution in [-0.2, 0) is 4.79 Å². The van der Waals surface area contributed by atoms with Crippen LogP contribution in [0.25, 0.3) is 17.0 Å². The first-order valence-corrected chi connectivity index (χ1v) is 10.5. The third-order valence-electron chi connectivity index (χ3n) is 4.70. The van der Waals surface area contributed by atoms with Crippen LogP contribution in [0, 0.1) is 0 Å². The molecule has 1 N–H and O–H groups in total. The van der Waals surface area contributed by atoms with Gasteiger partial charge in [-0.2, -0.15) is 0 Å². The van der Waals surface area contributed by atoms with Crippen LogP contribution >= 0.6 is 23.4 Å². The van der Waals surface area contributed by atoms with Gasteiger partial charge >= 0.3 is 0 Å². The maximum atomic E-state index is 12.8. The second-order valence-electron chi connectivity index (χ2n) is 6.49. The van der Waals surface area contributed by atoms with Crippen molar-refractivity contribution in [3.8, 4) is 11.3 Å². The zero-order valence-corrected chi connectivity index (χ0v) is 16.9. The Bertz CT molecular complexity index is 1280. The van der Waals surface area contributed by atoms with Gasteiger partial charge in [-0.25, -0.2) is 10.0 Å². The Balaban J connectivity index is 1.66. The minimum Gasteiger partial charge on any atom is -0.457 e. The first-order chi connectivity index (χ1) is 14.1. The number of amides is 1. The van der Waals surface area contributed by atoms with Gasteiger partial charge < -0.3 is 4.42 Å². The fourth-order valence-corrected chi connectivity index (χ4v) is 3.95. The van der Waals surface area contributed by atoms with Crippen molar-refractivity contribution in [1.82, 2.24) is 10.3 Å². The van der Waals surface area contributed by atoms with E-state index >= 15 is 0 Å². The Morgan fingerprint density at radius 2 is 2.00 bits per heavy atom. The summed E-state index contributed by atoms with van der Waals surface area (Å²) in [7, 11) is 0. The molecule has 0 saturated heterocycles. The molecule has 3 aromatic rings. The summed E-state index contributed by atoms with van der Waals surface area (Å²) in [6, 6.07) is 18.7. The number of thioether (sulfide) groups is 1. The third-order valence-corrected chi connectivity index (χ3v) is 5.50. The zero-order valence-electron chi connectivity index (χ0n) is 15.3. The first kappa shape index (κ1) is 18.0. The predicted octanol–water partition coefficient (Wildman–Crippen LogP) is 3.11. The van der Waals surface area contributed by atoms with Crippen LogP contribution in [0.2, 0.25) is 5.02 Å². The summed E-state index contributed by atoms with van der Waals surface area (Å²) in [5, 5.41) is 11.7. The van der Waals surface area contributed by atoms with E-state index in [0.717, 1.165) is 16.1 Å². The number of hydrazone groups is 1. The van der Waals surface area contributed by atoms with Crippen LogP contribution in [0.4, 0.5) is 0 Å². The molecule has 8 heteroatoms. The standard InChI is InChI=1S/C21H15ClN4O2S/c1-29-21-24-20(27)18-14-7-2-3-8-15(14)23-19(26(18)25-21)17-10-9-16(28-17)12-5-4-6-13(22)11-12/h2-11,19H,1H3,(H,24,25,27)/t19-/m1/s1. The molecule has 2 aliphatic rings. The van der Waals surface area contributed by atoms with Crippen LogP contribution in [0.5, 0.6) is 0 Å². The summed E-state index contributed by atoms with van der Waals surface area (Å²) < 4.78 is 6.12. The number of para-hydroxylation sites is 1. The number of benzene rings is 2. The van der Waals surface area contributed by atoms with E-state index in [0.29, 0.717) is 27.4 Å². The topological polar surface area (TPSA) is 70.2 Å². The van der Waals surface area contributed by atoms with Gasteiger partial charge in [0.25, 0.3) is 5.91 Å². The van der Waals surface area contributed by atoms with E-state index in [1.807, 2.05) is 66.9 Å². The minimum atomic E-state index is -0.582. The lowest BCUT2D eigenvalue weighted by Gasteiger charge is -2.32. The molecule has 2 aromatic carbocycles. The Hall–Kier alpha value is -3.03. The van der Waals surface area contributed by atoms with Gasteiger partial charge in [-0.15, -0.1) is 5.10 Å². The maximum Gasteiger partial charge on any atom is 0.276 e. The molecule has 6 nitrogen and oxygen atoms in total. The van der Waals surface area contributed by atoms with Gasteiger partial charge in [0.1, 0.15) is 11.5 Å². The number of nitrogens with one attached hydrogen (secondary N) is 1. The number of halogens is 1. The molecule has 1 atom stereocenters. The molecule has 0 bridgehead atoms. The van der Waals surface area contributed by atoms with E-state index in [1.165, 1.54) is 11.8 Å². The summed E-state index contributed by atoms with van der Waals surface area (Å²) in [4.78, 5) is 17.6. The summed E-state index contributed by atoms with van der Waals surface area (Å²) >= 11 is 7.47. The molecule has 29 heavy (non-hydrogen) atoms. The van der Waals surface area contributed by atoms with Gasteiger partial charge in [0.05, 0.1) is 5.36 Å². The Morgan fingerprint density at radius 1 is 1.14 bits per heavy atom. The van der Waals surface area contributed by atoms with Crippen LogP contribution < -0.4 is 15.9 Å². The predicted molar refractivity (Wildman–Crippen MR) is 113 cm³/mol. The van der Waals surface area contributed by atoms with Crippen molar-refractivity contribution in [2.24, 2.45) is 10.1 Å². The van der Waals surface area contributed by atoms with E-state index in [4.69, 9.17) is 21.0 Å². The minimum absolute atomic E-state index is 0.210. The van der Waals surface area contributed by atoms with Gasteiger partial charge in [0, 0.05) is 15.8 Å². The van der Waals surface area contributed by atoms with E-state index in [-0.39, 0.29) is 5.91 Å². The Morgan fingerprint density at radius 3 is 2.83 bits per heavy atom. The second-order valence-corrected chi connectivity index (χ2v) is 7.72. The van der Waals surface area contributed by atoms with Crippen molar-refractivity contribution >= 4 is 40.1 Å². The lowest BCUT2D eigenvalue weighted by Crippen LogP contribution is -2.50. The molecule has 3 heterocycles. The monoisotopic (exact) mass is 422 g/mol. The van der Waals surface area contributed by atoms with Gasteiger partial charge in [0.2, 0.25) is 6.17 Å². The van der Waals surface area contributed by atoms with Crippen molar-refractivity contribution < 1.29 is 9.21 Å². The number of amidine groups is 1. The molecule has 5 rings (SSSR count). The smallest absolute Gasteiger partial charge is 0.276 e. The van der Waals surface area contributed by atoms with E-state index in [9.17, 15) is 4.79 Å². The highest BCUT2D eigenvalue weighted by Gasteiger charge is 2.35.